The molecule has 1 aliphatic heterocycles. The number of nitro groups is 1. The Bertz CT molecular complexity index is 1190. The molecule has 1 unspecified atom stereocenters. The van der Waals surface area contributed by atoms with E-state index >= 15 is 0 Å². The highest BCUT2D eigenvalue weighted by Gasteiger charge is 2.34. The number of likely N-dealkylation sites (N-methyl/N-ethyl adjacent to an activating group) is 1. The maximum atomic E-state index is 12.6. The molecule has 2 aromatic heterocycles. The fourth-order valence-electron chi connectivity index (χ4n) is 3.79. The van der Waals surface area contributed by atoms with Crippen molar-refractivity contribution in [1.82, 2.24) is 9.47 Å². The summed E-state index contributed by atoms with van der Waals surface area (Å²) in [5, 5.41) is 15.5. The molecule has 1 atom stereocenters. The van der Waals surface area contributed by atoms with E-state index < -0.39 is 15.7 Å². The Morgan fingerprint density at radius 1 is 1.22 bits per heavy atom. The number of fused-ring (bicyclic) bond motifs is 3. The Hall–Kier alpha value is -2.82. The molecule has 0 aliphatic carbocycles. The monoisotopic (exact) mass is 472 g/mol. The van der Waals surface area contributed by atoms with Gasteiger partial charge in [0.05, 0.1) is 32.0 Å². The summed E-state index contributed by atoms with van der Waals surface area (Å²) in [6.45, 7) is 7.42. The van der Waals surface area contributed by atoms with Gasteiger partial charge < -0.3 is 14.3 Å². The van der Waals surface area contributed by atoms with Gasteiger partial charge in [-0.3, -0.25) is 14.3 Å². The van der Waals surface area contributed by atoms with Gasteiger partial charge in [0.2, 0.25) is 0 Å². The Morgan fingerprint density at radius 3 is 2.56 bits per heavy atom. The largest absolute Gasteiger partial charge is 0.394 e. The van der Waals surface area contributed by atoms with Crippen LogP contribution in [-0.4, -0.2) is 56.8 Å². The molecule has 8 nitrogen and oxygen atoms in total. The Kier molecular flexibility index (Phi) is 6.54. The highest BCUT2D eigenvalue weighted by molar-refractivity contribution is 7.86. The van der Waals surface area contributed by atoms with Gasteiger partial charge in [0.15, 0.2) is 0 Å². The van der Waals surface area contributed by atoms with Crippen molar-refractivity contribution in [2.75, 3.05) is 32.5 Å². The van der Waals surface area contributed by atoms with E-state index in [9.17, 15) is 14.3 Å². The zero-order valence-electron chi connectivity index (χ0n) is 18.1. The second-order valence-corrected chi connectivity index (χ2v) is 9.86. The van der Waals surface area contributed by atoms with Gasteiger partial charge in [-0.05, 0) is 42.9 Å². The van der Waals surface area contributed by atoms with E-state index in [1.54, 1.807) is 18.4 Å². The topological polar surface area (TPSA) is 90.0 Å². The number of non-ortho nitro benzene ring substituents is 1. The van der Waals surface area contributed by atoms with E-state index in [4.69, 9.17) is 4.84 Å². The Morgan fingerprint density at radius 2 is 1.94 bits per heavy atom. The third-order valence-electron chi connectivity index (χ3n) is 5.48. The van der Waals surface area contributed by atoms with Crippen molar-refractivity contribution in [3.63, 3.8) is 0 Å². The van der Waals surface area contributed by atoms with Crippen molar-refractivity contribution in [2.24, 2.45) is 5.16 Å². The van der Waals surface area contributed by atoms with Gasteiger partial charge in [-0.2, -0.15) is 0 Å². The first-order chi connectivity index (χ1) is 15.5. The number of nitro benzene ring substituents is 1. The fourth-order valence-corrected chi connectivity index (χ4v) is 6.05. The maximum Gasteiger partial charge on any atom is 0.269 e. The summed E-state index contributed by atoms with van der Waals surface area (Å²) in [7, 11) is -1.24. The predicted molar refractivity (Wildman–Crippen MR) is 127 cm³/mol. The molecule has 3 heterocycles. The van der Waals surface area contributed by atoms with Crippen LogP contribution >= 0.6 is 11.3 Å². The zero-order valence-corrected chi connectivity index (χ0v) is 19.7. The van der Waals surface area contributed by atoms with Crippen molar-refractivity contribution in [1.29, 1.82) is 0 Å². The van der Waals surface area contributed by atoms with Gasteiger partial charge in [-0.15, -0.1) is 11.3 Å². The normalized spacial score (nSPS) is 14.6. The summed E-state index contributed by atoms with van der Waals surface area (Å²) in [5.74, 6) is 0. The van der Waals surface area contributed by atoms with Gasteiger partial charge in [0.1, 0.15) is 16.5 Å². The average Bonchev–Trinajstić information content (AvgIpc) is 3.46. The predicted octanol–water partition coefficient (Wildman–Crippen LogP) is 4.28. The van der Waals surface area contributed by atoms with E-state index in [0.29, 0.717) is 10.8 Å². The van der Waals surface area contributed by atoms with Crippen molar-refractivity contribution in [3.8, 4) is 16.8 Å². The van der Waals surface area contributed by atoms with Crippen LogP contribution in [0.25, 0.3) is 16.8 Å². The minimum atomic E-state index is -1.24. The smallest absolute Gasteiger partial charge is 0.269 e. The van der Waals surface area contributed by atoms with Gasteiger partial charge >= 0.3 is 0 Å². The van der Waals surface area contributed by atoms with Crippen LogP contribution < -0.4 is 0 Å². The molecule has 10 heteroatoms. The molecule has 0 N–H and O–H groups in total. The Labute approximate surface area is 192 Å². The van der Waals surface area contributed by atoms with Crippen LogP contribution in [0.1, 0.15) is 24.4 Å². The summed E-state index contributed by atoms with van der Waals surface area (Å²) < 4.78 is 15.3. The first kappa shape index (κ1) is 22.4. The van der Waals surface area contributed by atoms with Crippen molar-refractivity contribution in [2.45, 2.75) is 18.1 Å². The van der Waals surface area contributed by atoms with Crippen LogP contribution in [-0.2, 0) is 15.6 Å². The van der Waals surface area contributed by atoms with E-state index in [1.165, 1.54) is 23.5 Å². The number of thiophene rings is 1. The number of oxime groups is 1. The highest BCUT2D eigenvalue weighted by atomic mass is 32.2. The number of nitrogens with zero attached hydrogens (tertiary/aromatic N) is 4. The molecule has 0 bridgehead atoms. The summed E-state index contributed by atoms with van der Waals surface area (Å²) in [4.78, 5) is 19.5. The third-order valence-corrected chi connectivity index (χ3v) is 8.14. The number of benzene rings is 1. The molecule has 4 rings (SSSR count). The van der Waals surface area contributed by atoms with Crippen molar-refractivity contribution in [3.05, 3.63) is 63.3 Å². The highest BCUT2D eigenvalue weighted by Crippen LogP contribution is 2.46. The van der Waals surface area contributed by atoms with E-state index in [0.717, 1.165) is 52.7 Å². The quantitative estimate of drug-likeness (QED) is 0.206. The SMILES string of the molecule is CCN(CC)CCO/N=C1/c2sc(S(C)=O)c(-c3ccc([N+](=O)[O-])cc3)c2-n2cccc21. The lowest BCUT2D eigenvalue weighted by molar-refractivity contribution is -0.384. The molecular formula is C22H24N4O4S2. The number of rotatable bonds is 9. The van der Waals surface area contributed by atoms with Gasteiger partial charge in [0.25, 0.3) is 5.69 Å². The maximum absolute atomic E-state index is 12.6. The van der Waals surface area contributed by atoms with E-state index in [-0.39, 0.29) is 5.69 Å². The van der Waals surface area contributed by atoms with E-state index in [2.05, 4.69) is 23.9 Å². The molecule has 0 fully saturated rings. The molecule has 0 saturated carbocycles. The second-order valence-electron chi connectivity index (χ2n) is 7.26. The molecule has 32 heavy (non-hydrogen) atoms. The van der Waals surface area contributed by atoms with Crippen LogP contribution in [0.5, 0.6) is 0 Å². The first-order valence-corrected chi connectivity index (χ1v) is 12.7. The molecule has 1 aliphatic rings. The fraction of sp³-hybridized carbons (Fsp3) is 0.318. The van der Waals surface area contributed by atoms with Crippen LogP contribution in [0.3, 0.4) is 0 Å². The minimum absolute atomic E-state index is 0.0188. The van der Waals surface area contributed by atoms with E-state index in [1.807, 2.05) is 22.9 Å². The zero-order chi connectivity index (χ0) is 22.8. The van der Waals surface area contributed by atoms with Crippen LogP contribution in [0, 0.1) is 10.1 Å². The van der Waals surface area contributed by atoms with Crippen LogP contribution in [0.15, 0.2) is 52.0 Å². The molecular weight excluding hydrogens is 448 g/mol. The minimum Gasteiger partial charge on any atom is -0.394 e. The third kappa shape index (κ3) is 4.01. The molecule has 1 aromatic carbocycles. The lowest BCUT2D eigenvalue weighted by Gasteiger charge is -2.16. The molecule has 3 aromatic rings. The average molecular weight is 473 g/mol. The lowest BCUT2D eigenvalue weighted by Crippen LogP contribution is -2.26. The van der Waals surface area contributed by atoms with Crippen molar-refractivity contribution < 1.29 is 14.0 Å². The first-order valence-electron chi connectivity index (χ1n) is 10.3. The van der Waals surface area contributed by atoms with Crippen molar-refractivity contribution >= 4 is 33.5 Å². The summed E-state index contributed by atoms with van der Waals surface area (Å²) >= 11 is 1.43. The van der Waals surface area contributed by atoms with Gasteiger partial charge in [-0.1, -0.05) is 19.0 Å². The summed E-state index contributed by atoms with van der Waals surface area (Å²) in [6, 6.07) is 10.3. The molecule has 0 amide bonds. The van der Waals surface area contributed by atoms with Crippen LogP contribution in [0.2, 0.25) is 0 Å². The van der Waals surface area contributed by atoms with Crippen LogP contribution in [0.4, 0.5) is 5.69 Å². The number of hydrogen-bond acceptors (Lipinski definition) is 7. The molecule has 168 valence electrons. The molecule has 0 radical (unpaired) electrons. The van der Waals surface area contributed by atoms with Gasteiger partial charge in [-0.25, -0.2) is 0 Å². The molecule has 0 spiro atoms. The lowest BCUT2D eigenvalue weighted by atomic mass is 10.1. The summed E-state index contributed by atoms with van der Waals surface area (Å²) in [6.07, 6.45) is 3.58. The summed E-state index contributed by atoms with van der Waals surface area (Å²) in [5.41, 5.74) is 4.12. The Balaban J connectivity index is 1.75. The number of hydrogen-bond donors (Lipinski definition) is 0. The molecule has 0 saturated heterocycles. The standard InChI is InChI=1S/C22H24N4O4S2/c1-4-24(5-2)13-14-30-23-19-17-7-6-12-25(17)20-18(22(32(3)29)31-21(19)20)15-8-10-16(11-9-15)26(27)28/h6-12H,4-5,13-14H2,1-3H3/b23-19+. The van der Waals surface area contributed by atoms with Gasteiger partial charge in [0, 0.05) is 36.7 Å². The number of aromatic nitrogens is 1. The second kappa shape index (κ2) is 9.35.